The molecule has 19 heavy (non-hydrogen) atoms. The molecule has 0 saturated carbocycles. The Morgan fingerprint density at radius 3 is 2.74 bits per heavy atom. The van der Waals surface area contributed by atoms with E-state index in [-0.39, 0.29) is 0 Å². The molecule has 0 spiro atoms. The Labute approximate surface area is 125 Å². The molecule has 0 bridgehead atoms. The lowest BCUT2D eigenvalue weighted by molar-refractivity contribution is 0.305. The molecular weight excluding hydrogens is 326 g/mol. The lowest BCUT2D eigenvalue weighted by Gasteiger charge is -2.10. The number of nitriles is 1. The summed E-state index contributed by atoms with van der Waals surface area (Å²) >= 11 is 9.47. The van der Waals surface area contributed by atoms with Crippen LogP contribution in [0.1, 0.15) is 16.7 Å². The third kappa shape index (κ3) is 3.50. The second-order valence-electron chi connectivity index (χ2n) is 4.14. The zero-order valence-electron chi connectivity index (χ0n) is 10.3. The maximum absolute atomic E-state index is 9.05. The maximum atomic E-state index is 9.05. The van der Waals surface area contributed by atoms with Crippen LogP contribution in [0.2, 0.25) is 5.02 Å². The molecule has 0 aliphatic carbocycles. The van der Waals surface area contributed by atoms with Crippen molar-refractivity contribution in [3.8, 4) is 11.8 Å². The van der Waals surface area contributed by atoms with Crippen molar-refractivity contribution in [1.29, 1.82) is 5.26 Å². The van der Waals surface area contributed by atoms with Gasteiger partial charge in [0.2, 0.25) is 0 Å². The first-order valence-corrected chi connectivity index (χ1v) is 6.84. The molecule has 0 aromatic heterocycles. The second kappa shape index (κ2) is 6.10. The van der Waals surface area contributed by atoms with Crippen LogP contribution >= 0.6 is 27.5 Å². The molecule has 0 aliphatic rings. The fourth-order valence-corrected chi connectivity index (χ4v) is 2.29. The Bertz CT molecular complexity index is 649. The zero-order chi connectivity index (χ0) is 13.8. The number of halogens is 2. The van der Waals surface area contributed by atoms with Gasteiger partial charge in [0.05, 0.1) is 5.56 Å². The Hall–Kier alpha value is -1.50. The maximum Gasteiger partial charge on any atom is 0.137 e. The van der Waals surface area contributed by atoms with E-state index in [2.05, 4.69) is 22.0 Å². The molecule has 4 heteroatoms. The molecule has 2 aromatic carbocycles. The highest BCUT2D eigenvalue weighted by molar-refractivity contribution is 9.10. The normalized spacial score (nSPS) is 10.0. The van der Waals surface area contributed by atoms with Gasteiger partial charge in [0.25, 0.3) is 0 Å². The van der Waals surface area contributed by atoms with E-state index in [9.17, 15) is 0 Å². The van der Waals surface area contributed by atoms with Crippen LogP contribution in [0.25, 0.3) is 0 Å². The predicted octanol–water partition coefficient (Wildman–Crippen LogP) is 4.86. The first kappa shape index (κ1) is 13.9. The van der Waals surface area contributed by atoms with Gasteiger partial charge >= 0.3 is 0 Å². The Kier molecular flexibility index (Phi) is 4.47. The van der Waals surface area contributed by atoms with Crippen LogP contribution in [-0.4, -0.2) is 0 Å². The molecule has 0 amide bonds. The van der Waals surface area contributed by atoms with Crippen molar-refractivity contribution in [2.24, 2.45) is 0 Å². The molecule has 96 valence electrons. The number of aryl methyl sites for hydroxylation is 1. The van der Waals surface area contributed by atoms with E-state index in [1.807, 2.05) is 31.2 Å². The van der Waals surface area contributed by atoms with Crippen molar-refractivity contribution in [3.05, 3.63) is 62.6 Å². The van der Waals surface area contributed by atoms with Crippen LogP contribution in [-0.2, 0) is 6.61 Å². The lowest BCUT2D eigenvalue weighted by Crippen LogP contribution is -1.98. The summed E-state index contributed by atoms with van der Waals surface area (Å²) in [4.78, 5) is 0. The van der Waals surface area contributed by atoms with Crippen LogP contribution in [0.4, 0.5) is 0 Å². The number of hydrogen-bond acceptors (Lipinski definition) is 2. The van der Waals surface area contributed by atoms with E-state index >= 15 is 0 Å². The third-order valence-electron chi connectivity index (χ3n) is 2.65. The second-order valence-corrected chi connectivity index (χ2v) is 5.46. The van der Waals surface area contributed by atoms with Crippen molar-refractivity contribution in [1.82, 2.24) is 0 Å². The highest BCUT2D eigenvalue weighted by Crippen LogP contribution is 2.25. The van der Waals surface area contributed by atoms with Crippen molar-refractivity contribution in [2.75, 3.05) is 0 Å². The molecule has 0 N–H and O–H groups in total. The summed E-state index contributed by atoms with van der Waals surface area (Å²) in [5.41, 5.74) is 2.51. The van der Waals surface area contributed by atoms with Crippen LogP contribution in [0.3, 0.4) is 0 Å². The van der Waals surface area contributed by atoms with Crippen LogP contribution in [0, 0.1) is 18.3 Å². The number of rotatable bonds is 3. The molecule has 0 unspecified atom stereocenters. The molecule has 2 aromatic rings. The largest absolute Gasteiger partial charge is 0.487 e. The predicted molar refractivity (Wildman–Crippen MR) is 79.4 cm³/mol. The van der Waals surface area contributed by atoms with Crippen molar-refractivity contribution in [3.63, 3.8) is 0 Å². The molecule has 2 rings (SSSR count). The number of ether oxygens (including phenoxy) is 1. The van der Waals surface area contributed by atoms with E-state index in [4.69, 9.17) is 21.6 Å². The molecule has 0 heterocycles. The lowest BCUT2D eigenvalue weighted by atomic mass is 10.1. The van der Waals surface area contributed by atoms with Gasteiger partial charge in [-0.2, -0.15) is 5.26 Å². The van der Waals surface area contributed by atoms with Gasteiger partial charge in [0, 0.05) is 15.1 Å². The summed E-state index contributed by atoms with van der Waals surface area (Å²) in [6, 6.07) is 13.3. The molecule has 0 saturated heterocycles. The monoisotopic (exact) mass is 335 g/mol. The standard InChI is InChI=1S/C15H11BrClNO/c1-10-2-3-11(14(17)6-10)9-19-15-5-4-13(16)7-12(15)8-18/h2-7H,9H2,1H3. The van der Waals surface area contributed by atoms with E-state index in [0.29, 0.717) is 22.9 Å². The summed E-state index contributed by atoms with van der Waals surface area (Å²) in [5.74, 6) is 0.558. The molecule has 0 radical (unpaired) electrons. The Morgan fingerprint density at radius 1 is 1.26 bits per heavy atom. The van der Waals surface area contributed by atoms with Gasteiger partial charge in [-0.1, -0.05) is 39.7 Å². The minimum absolute atomic E-state index is 0.343. The van der Waals surface area contributed by atoms with Crippen molar-refractivity contribution >= 4 is 27.5 Å². The number of benzene rings is 2. The molecule has 0 atom stereocenters. The van der Waals surface area contributed by atoms with Crippen molar-refractivity contribution < 1.29 is 4.74 Å². The van der Waals surface area contributed by atoms with Gasteiger partial charge in [-0.3, -0.25) is 0 Å². The fraction of sp³-hybridized carbons (Fsp3) is 0.133. The van der Waals surface area contributed by atoms with Crippen LogP contribution < -0.4 is 4.74 Å². The summed E-state index contributed by atoms with van der Waals surface area (Å²) < 4.78 is 6.51. The van der Waals surface area contributed by atoms with E-state index in [0.717, 1.165) is 15.6 Å². The zero-order valence-corrected chi connectivity index (χ0v) is 12.6. The average molecular weight is 337 g/mol. The van der Waals surface area contributed by atoms with Gasteiger partial charge in [0.15, 0.2) is 0 Å². The SMILES string of the molecule is Cc1ccc(COc2ccc(Br)cc2C#N)c(Cl)c1. The first-order chi connectivity index (χ1) is 9.10. The van der Waals surface area contributed by atoms with Crippen LogP contribution in [0.15, 0.2) is 40.9 Å². The smallest absolute Gasteiger partial charge is 0.137 e. The molecule has 2 nitrogen and oxygen atoms in total. The summed E-state index contributed by atoms with van der Waals surface area (Å²) in [5, 5.41) is 9.73. The summed E-state index contributed by atoms with van der Waals surface area (Å²) in [6.07, 6.45) is 0. The quantitative estimate of drug-likeness (QED) is 0.801. The highest BCUT2D eigenvalue weighted by atomic mass is 79.9. The van der Waals surface area contributed by atoms with Crippen molar-refractivity contribution in [2.45, 2.75) is 13.5 Å². The van der Waals surface area contributed by atoms with E-state index in [1.165, 1.54) is 0 Å². The summed E-state index contributed by atoms with van der Waals surface area (Å²) in [6.45, 7) is 2.33. The van der Waals surface area contributed by atoms with E-state index in [1.54, 1.807) is 12.1 Å². The molecule has 0 fully saturated rings. The third-order valence-corrected chi connectivity index (χ3v) is 3.50. The average Bonchev–Trinajstić information content (AvgIpc) is 2.39. The number of hydrogen-bond donors (Lipinski definition) is 0. The van der Waals surface area contributed by atoms with Crippen LogP contribution in [0.5, 0.6) is 5.75 Å². The minimum Gasteiger partial charge on any atom is -0.487 e. The Morgan fingerprint density at radius 2 is 2.05 bits per heavy atom. The topological polar surface area (TPSA) is 33.0 Å². The Balaban J connectivity index is 2.17. The first-order valence-electron chi connectivity index (χ1n) is 5.67. The minimum atomic E-state index is 0.343. The van der Waals surface area contributed by atoms with Gasteiger partial charge < -0.3 is 4.74 Å². The summed E-state index contributed by atoms with van der Waals surface area (Å²) in [7, 11) is 0. The fourth-order valence-electron chi connectivity index (χ4n) is 1.64. The van der Waals surface area contributed by atoms with Gasteiger partial charge in [-0.15, -0.1) is 0 Å². The van der Waals surface area contributed by atoms with Gasteiger partial charge in [0.1, 0.15) is 18.4 Å². The van der Waals surface area contributed by atoms with Gasteiger partial charge in [-0.05, 0) is 36.8 Å². The van der Waals surface area contributed by atoms with Gasteiger partial charge in [-0.25, -0.2) is 0 Å². The highest BCUT2D eigenvalue weighted by Gasteiger charge is 2.06. The molecular formula is C15H11BrClNO. The van der Waals surface area contributed by atoms with E-state index < -0.39 is 0 Å². The molecule has 0 aliphatic heterocycles. The number of nitrogens with zero attached hydrogens (tertiary/aromatic N) is 1.